The average molecular weight is 297 g/mol. The van der Waals surface area contributed by atoms with Gasteiger partial charge in [-0.15, -0.1) is 0 Å². The number of hydrogen-bond acceptors (Lipinski definition) is 4. The highest BCUT2D eigenvalue weighted by atomic mass is 16.4. The van der Waals surface area contributed by atoms with Crippen LogP contribution in [0.2, 0.25) is 0 Å². The Bertz CT molecular complexity index is 424. The molecule has 0 aromatic rings. The molecule has 3 fully saturated rings. The van der Waals surface area contributed by atoms with E-state index < -0.39 is 18.1 Å². The number of β-amino-alcohol motifs (C(OH)–C–C–N with tert-alkyl or cyclic N) is 1. The van der Waals surface area contributed by atoms with Gasteiger partial charge in [-0.2, -0.15) is 0 Å². The minimum absolute atomic E-state index is 0.126. The van der Waals surface area contributed by atoms with E-state index in [-0.39, 0.29) is 19.0 Å². The van der Waals surface area contributed by atoms with Gasteiger partial charge in [-0.1, -0.05) is 0 Å². The van der Waals surface area contributed by atoms with Crippen molar-refractivity contribution in [2.75, 3.05) is 32.7 Å². The number of nitrogens with zero attached hydrogens (tertiary/aromatic N) is 3. The molecular weight excluding hydrogens is 274 g/mol. The third-order valence-electron chi connectivity index (χ3n) is 4.90. The Morgan fingerprint density at radius 1 is 1.05 bits per heavy atom. The smallest absolute Gasteiger partial charge is 0.326 e. The molecule has 7 heteroatoms. The Morgan fingerprint density at radius 2 is 1.76 bits per heavy atom. The number of carboxylic acids is 1. The summed E-state index contributed by atoms with van der Waals surface area (Å²) >= 11 is 0. The molecule has 0 aromatic heterocycles. The first-order valence-corrected chi connectivity index (χ1v) is 7.76. The van der Waals surface area contributed by atoms with Crippen LogP contribution in [0.1, 0.15) is 25.7 Å². The van der Waals surface area contributed by atoms with Crippen LogP contribution >= 0.6 is 0 Å². The zero-order valence-electron chi connectivity index (χ0n) is 12.1. The number of carbonyl (C=O) groups excluding carboxylic acids is 1. The zero-order valence-corrected chi connectivity index (χ0v) is 12.1. The normalized spacial score (nSPS) is 33.9. The van der Waals surface area contributed by atoms with Crippen molar-refractivity contribution >= 4 is 12.0 Å². The van der Waals surface area contributed by atoms with Crippen LogP contribution in [0.3, 0.4) is 0 Å². The van der Waals surface area contributed by atoms with E-state index in [2.05, 4.69) is 4.90 Å². The fraction of sp³-hybridized carbons (Fsp3) is 0.857. The summed E-state index contributed by atoms with van der Waals surface area (Å²) in [7, 11) is 0. The third-order valence-corrected chi connectivity index (χ3v) is 4.90. The molecule has 21 heavy (non-hydrogen) atoms. The van der Waals surface area contributed by atoms with E-state index in [0.29, 0.717) is 19.1 Å². The lowest BCUT2D eigenvalue weighted by molar-refractivity contribution is -0.141. The molecule has 2 amide bonds. The highest BCUT2D eigenvalue weighted by molar-refractivity contribution is 5.83. The minimum Gasteiger partial charge on any atom is -0.480 e. The van der Waals surface area contributed by atoms with Crippen molar-refractivity contribution in [3.63, 3.8) is 0 Å². The standard InChI is InChI=1S/C14H23N3O4/c18-11-7-12(13(19)20)17(9-11)14(21)16-6-3-10(8-16)15-4-1-2-5-15/h10-12,18H,1-9H2,(H,19,20)/t10?,11-,12-/m0/s1. The number of carboxylic acid groups (broad SMARTS) is 1. The number of likely N-dealkylation sites (tertiary alicyclic amines) is 3. The van der Waals surface area contributed by atoms with Crippen LogP contribution in [-0.4, -0.2) is 87.8 Å². The van der Waals surface area contributed by atoms with Crippen molar-refractivity contribution in [3.8, 4) is 0 Å². The van der Waals surface area contributed by atoms with Crippen molar-refractivity contribution in [1.82, 2.24) is 14.7 Å². The molecule has 3 rings (SSSR count). The number of urea groups is 1. The summed E-state index contributed by atoms with van der Waals surface area (Å²) in [5.74, 6) is -1.03. The van der Waals surface area contributed by atoms with E-state index in [1.54, 1.807) is 4.90 Å². The minimum atomic E-state index is -1.03. The fourth-order valence-corrected chi connectivity index (χ4v) is 3.76. The monoisotopic (exact) mass is 297 g/mol. The lowest BCUT2D eigenvalue weighted by Crippen LogP contribution is -2.48. The molecule has 0 radical (unpaired) electrons. The maximum absolute atomic E-state index is 12.5. The first kappa shape index (κ1) is 14.6. The van der Waals surface area contributed by atoms with Gasteiger partial charge in [0.1, 0.15) is 6.04 Å². The van der Waals surface area contributed by atoms with Crippen LogP contribution in [0.25, 0.3) is 0 Å². The predicted octanol–water partition coefficient (Wildman–Crippen LogP) is -0.204. The highest BCUT2D eigenvalue weighted by Crippen LogP contribution is 2.25. The van der Waals surface area contributed by atoms with Gasteiger partial charge in [0.05, 0.1) is 6.10 Å². The van der Waals surface area contributed by atoms with Gasteiger partial charge in [0.25, 0.3) is 0 Å². The Balaban J connectivity index is 1.61. The quantitative estimate of drug-likeness (QED) is 0.737. The Hall–Kier alpha value is -1.34. The number of carbonyl (C=O) groups is 2. The van der Waals surface area contributed by atoms with Gasteiger partial charge in [-0.25, -0.2) is 9.59 Å². The molecule has 118 valence electrons. The van der Waals surface area contributed by atoms with E-state index >= 15 is 0 Å². The molecule has 0 saturated carbocycles. The Morgan fingerprint density at radius 3 is 2.43 bits per heavy atom. The number of hydrogen-bond donors (Lipinski definition) is 2. The van der Waals surface area contributed by atoms with Gasteiger partial charge >= 0.3 is 12.0 Å². The summed E-state index contributed by atoms with van der Waals surface area (Å²) in [5.41, 5.74) is 0. The lowest BCUT2D eigenvalue weighted by Gasteiger charge is -2.28. The number of amides is 2. The van der Waals surface area contributed by atoms with Gasteiger partial charge in [0.15, 0.2) is 0 Å². The third kappa shape index (κ3) is 2.85. The molecule has 3 heterocycles. The number of aliphatic hydroxyl groups excluding tert-OH is 1. The van der Waals surface area contributed by atoms with Crippen LogP contribution in [-0.2, 0) is 4.79 Å². The van der Waals surface area contributed by atoms with Crippen molar-refractivity contribution in [2.45, 2.75) is 43.9 Å². The van der Waals surface area contributed by atoms with Crippen LogP contribution in [0.4, 0.5) is 4.79 Å². The molecule has 0 aliphatic carbocycles. The van der Waals surface area contributed by atoms with E-state index in [9.17, 15) is 19.8 Å². The van der Waals surface area contributed by atoms with Crippen LogP contribution < -0.4 is 0 Å². The lowest BCUT2D eigenvalue weighted by atomic mass is 10.2. The van der Waals surface area contributed by atoms with Crippen LogP contribution in [0, 0.1) is 0 Å². The van der Waals surface area contributed by atoms with Gasteiger partial charge in [0.2, 0.25) is 0 Å². The molecule has 3 atom stereocenters. The summed E-state index contributed by atoms with van der Waals surface area (Å²) in [4.78, 5) is 29.2. The second-order valence-corrected chi connectivity index (χ2v) is 6.31. The average Bonchev–Trinajstić information content (AvgIpc) is 3.17. The van der Waals surface area contributed by atoms with Crippen LogP contribution in [0.5, 0.6) is 0 Å². The van der Waals surface area contributed by atoms with E-state index in [1.165, 1.54) is 17.7 Å². The highest BCUT2D eigenvalue weighted by Gasteiger charge is 2.42. The van der Waals surface area contributed by atoms with E-state index in [1.807, 2.05) is 0 Å². The second-order valence-electron chi connectivity index (χ2n) is 6.31. The SMILES string of the molecule is O=C(O)[C@@H]1C[C@H](O)CN1C(=O)N1CCC(N2CCCC2)C1. The fourth-order valence-electron chi connectivity index (χ4n) is 3.76. The topological polar surface area (TPSA) is 84.3 Å². The predicted molar refractivity (Wildman–Crippen MR) is 74.9 cm³/mol. The Labute approximate surface area is 124 Å². The maximum Gasteiger partial charge on any atom is 0.326 e. The summed E-state index contributed by atoms with van der Waals surface area (Å²) in [6.45, 7) is 3.69. The first-order chi connectivity index (χ1) is 10.1. The van der Waals surface area contributed by atoms with Crippen molar-refractivity contribution in [1.29, 1.82) is 0 Å². The molecule has 3 aliphatic heterocycles. The largest absolute Gasteiger partial charge is 0.480 e. The molecule has 0 bridgehead atoms. The number of aliphatic hydroxyl groups is 1. The molecule has 3 aliphatic rings. The van der Waals surface area contributed by atoms with Gasteiger partial charge < -0.3 is 20.0 Å². The summed E-state index contributed by atoms with van der Waals surface area (Å²) in [6.07, 6.45) is 2.81. The molecule has 0 spiro atoms. The molecule has 0 aromatic carbocycles. The number of aliphatic carboxylic acids is 1. The molecule has 2 N–H and O–H groups in total. The van der Waals surface area contributed by atoms with Crippen LogP contribution in [0.15, 0.2) is 0 Å². The van der Waals surface area contributed by atoms with E-state index in [0.717, 1.165) is 19.5 Å². The van der Waals surface area contributed by atoms with Crippen molar-refractivity contribution < 1.29 is 19.8 Å². The van der Waals surface area contributed by atoms with Gasteiger partial charge in [-0.3, -0.25) is 4.90 Å². The van der Waals surface area contributed by atoms with E-state index in [4.69, 9.17) is 0 Å². The molecule has 7 nitrogen and oxygen atoms in total. The van der Waals surface area contributed by atoms with Gasteiger partial charge in [-0.05, 0) is 32.4 Å². The van der Waals surface area contributed by atoms with Crippen molar-refractivity contribution in [3.05, 3.63) is 0 Å². The van der Waals surface area contributed by atoms with Gasteiger partial charge in [0, 0.05) is 32.1 Å². The molecule has 1 unspecified atom stereocenters. The summed E-state index contributed by atoms with van der Waals surface area (Å²) < 4.78 is 0. The summed E-state index contributed by atoms with van der Waals surface area (Å²) in [6, 6.07) is -0.716. The summed E-state index contributed by atoms with van der Waals surface area (Å²) in [5, 5.41) is 18.8. The molecular formula is C14H23N3O4. The molecule has 3 saturated heterocycles. The Kier molecular flexibility index (Phi) is 4.03. The second kappa shape index (κ2) is 5.81. The number of rotatable bonds is 2. The zero-order chi connectivity index (χ0) is 15.0. The first-order valence-electron chi connectivity index (χ1n) is 7.76. The van der Waals surface area contributed by atoms with Crippen molar-refractivity contribution in [2.24, 2.45) is 0 Å². The maximum atomic E-state index is 12.5.